The van der Waals surface area contributed by atoms with E-state index in [2.05, 4.69) is 53.3 Å². The summed E-state index contributed by atoms with van der Waals surface area (Å²) in [6, 6.07) is 18.7. The van der Waals surface area contributed by atoms with Crippen LogP contribution in [0, 0.1) is 0 Å². The van der Waals surface area contributed by atoms with E-state index in [1.54, 1.807) is 6.20 Å². The number of allylic oxidation sites excluding steroid dienone is 1. The fourth-order valence-corrected chi connectivity index (χ4v) is 3.47. The average molecular weight is 365 g/mol. The predicted molar refractivity (Wildman–Crippen MR) is 111 cm³/mol. The van der Waals surface area contributed by atoms with E-state index in [-0.39, 0.29) is 0 Å². The van der Waals surface area contributed by atoms with E-state index in [0.717, 1.165) is 42.6 Å². The third kappa shape index (κ3) is 5.55. The zero-order chi connectivity index (χ0) is 18.2. The highest BCUT2D eigenvalue weighted by atomic mass is 31.1. The van der Waals surface area contributed by atoms with Gasteiger partial charge in [-0.25, -0.2) is 4.99 Å². The van der Waals surface area contributed by atoms with E-state index in [0.29, 0.717) is 14.3 Å². The van der Waals surface area contributed by atoms with Gasteiger partial charge in [-0.1, -0.05) is 57.6 Å². The number of benzene rings is 2. The first-order chi connectivity index (χ1) is 12.7. The molecule has 1 unspecified atom stereocenters. The Morgan fingerprint density at radius 2 is 1.88 bits per heavy atom. The highest BCUT2D eigenvalue weighted by Crippen LogP contribution is 2.30. The molecule has 0 spiro atoms. The summed E-state index contributed by atoms with van der Waals surface area (Å²) in [5.74, 6) is 1.53. The summed E-state index contributed by atoms with van der Waals surface area (Å²) >= 11 is 0. The Morgan fingerprint density at radius 3 is 2.54 bits per heavy atom. The van der Waals surface area contributed by atoms with Crippen LogP contribution in [0.4, 0.5) is 0 Å². The van der Waals surface area contributed by atoms with Gasteiger partial charge in [-0.15, -0.1) is 0 Å². The number of aliphatic imine (C=N–C) groups is 1. The molecule has 1 heterocycles. The van der Waals surface area contributed by atoms with E-state index in [1.807, 2.05) is 18.2 Å². The summed E-state index contributed by atoms with van der Waals surface area (Å²) in [5, 5.41) is 4.48. The maximum atomic E-state index is 5.84. The molecule has 2 aromatic carbocycles. The van der Waals surface area contributed by atoms with Crippen LogP contribution in [0.3, 0.4) is 0 Å². The number of hydrogen-bond acceptors (Lipinski definition) is 4. The maximum absolute atomic E-state index is 5.84. The fraction of sp³-hybridized carbons (Fsp3) is 0.190. The Balaban J connectivity index is 1.44. The molecule has 0 fully saturated rings. The first-order valence-corrected chi connectivity index (χ1v) is 9.88. The lowest BCUT2D eigenvalue weighted by Crippen LogP contribution is -2.16. The van der Waals surface area contributed by atoms with E-state index in [9.17, 15) is 0 Å². The molecule has 0 amide bonds. The molecule has 26 heavy (non-hydrogen) atoms. The Morgan fingerprint density at radius 1 is 1.12 bits per heavy atom. The summed E-state index contributed by atoms with van der Waals surface area (Å²) < 4.78 is 5.84. The quantitative estimate of drug-likeness (QED) is 0.580. The molecule has 134 valence electrons. The molecule has 0 saturated heterocycles. The lowest BCUT2D eigenvalue weighted by atomic mass is 10.1. The van der Waals surface area contributed by atoms with Crippen molar-refractivity contribution in [1.29, 1.82) is 0 Å². The minimum Gasteiger partial charge on any atom is -0.443 e. The molecule has 3 N–H and O–H groups in total. The molecule has 4 nitrogen and oxygen atoms in total. The molecule has 1 aliphatic heterocycles. The summed E-state index contributed by atoms with van der Waals surface area (Å²) in [6.45, 7) is 5.55. The second-order valence-electron chi connectivity index (χ2n) is 6.10. The van der Waals surface area contributed by atoms with Crippen molar-refractivity contribution in [2.75, 3.05) is 12.7 Å². The third-order valence-corrected chi connectivity index (χ3v) is 5.35. The standard InChI is InChI=1S/C21H24N3OP/c1-16(22)20-14-24-21(15-26-20)25-19-9-7-18(8-10-19)13-23-12-11-17-5-3-2-4-6-17/h2-10,14,23,26H,1,11-13,15,22H2. The van der Waals surface area contributed by atoms with Gasteiger partial charge in [0, 0.05) is 29.9 Å². The Kier molecular flexibility index (Phi) is 6.59. The lowest BCUT2D eigenvalue weighted by Gasteiger charge is -2.14. The summed E-state index contributed by atoms with van der Waals surface area (Å²) in [5.41, 5.74) is 8.88. The van der Waals surface area contributed by atoms with Crippen LogP contribution >= 0.6 is 8.58 Å². The normalized spacial score (nSPS) is 14.6. The van der Waals surface area contributed by atoms with Crippen molar-refractivity contribution in [3.8, 4) is 5.75 Å². The van der Waals surface area contributed by atoms with Crippen molar-refractivity contribution >= 4 is 14.5 Å². The van der Waals surface area contributed by atoms with Crippen LogP contribution in [-0.2, 0) is 13.0 Å². The monoisotopic (exact) mass is 365 g/mol. The first-order valence-electron chi connectivity index (χ1n) is 8.67. The van der Waals surface area contributed by atoms with Gasteiger partial charge in [0.15, 0.2) is 5.90 Å². The van der Waals surface area contributed by atoms with Crippen molar-refractivity contribution in [3.05, 3.63) is 89.5 Å². The maximum Gasteiger partial charge on any atom is 0.199 e. The first kappa shape index (κ1) is 18.4. The Hall–Kier alpha value is -2.42. The van der Waals surface area contributed by atoms with Gasteiger partial charge >= 0.3 is 0 Å². The van der Waals surface area contributed by atoms with Crippen molar-refractivity contribution in [3.63, 3.8) is 0 Å². The predicted octanol–water partition coefficient (Wildman–Crippen LogP) is 3.80. The third-order valence-electron chi connectivity index (χ3n) is 4.04. The van der Waals surface area contributed by atoms with Crippen LogP contribution in [-0.4, -0.2) is 18.6 Å². The molecule has 0 bridgehead atoms. The summed E-state index contributed by atoms with van der Waals surface area (Å²) in [6.07, 6.45) is 3.56. The number of nitrogens with one attached hydrogen (secondary N) is 1. The largest absolute Gasteiger partial charge is 0.443 e. The summed E-state index contributed by atoms with van der Waals surface area (Å²) in [7, 11) is 0.561. The van der Waals surface area contributed by atoms with Crippen molar-refractivity contribution in [2.45, 2.75) is 13.0 Å². The topological polar surface area (TPSA) is 59.6 Å². The number of hydrogen-bond donors (Lipinski definition) is 2. The van der Waals surface area contributed by atoms with Crippen LogP contribution in [0.2, 0.25) is 0 Å². The zero-order valence-corrected chi connectivity index (χ0v) is 15.7. The molecule has 0 saturated carbocycles. The number of nitrogens with two attached hydrogens (primary N) is 1. The van der Waals surface area contributed by atoms with E-state index >= 15 is 0 Å². The van der Waals surface area contributed by atoms with Crippen LogP contribution in [0.15, 0.2) is 83.4 Å². The van der Waals surface area contributed by atoms with E-state index < -0.39 is 0 Å². The molecule has 1 aliphatic rings. The van der Waals surface area contributed by atoms with Crippen molar-refractivity contribution in [1.82, 2.24) is 5.32 Å². The van der Waals surface area contributed by atoms with Gasteiger partial charge in [0.05, 0.1) is 0 Å². The van der Waals surface area contributed by atoms with Gasteiger partial charge in [0.25, 0.3) is 0 Å². The van der Waals surface area contributed by atoms with Crippen molar-refractivity contribution < 1.29 is 4.74 Å². The Bertz CT molecular complexity index is 798. The van der Waals surface area contributed by atoms with E-state index in [1.165, 1.54) is 11.1 Å². The summed E-state index contributed by atoms with van der Waals surface area (Å²) in [4.78, 5) is 4.33. The van der Waals surface area contributed by atoms with Gasteiger partial charge in [-0.3, -0.25) is 0 Å². The number of rotatable bonds is 7. The number of ether oxygens (including phenoxy) is 1. The molecule has 5 heteroatoms. The highest BCUT2D eigenvalue weighted by Gasteiger charge is 2.10. The van der Waals surface area contributed by atoms with Gasteiger partial charge in [-0.05, 0) is 36.2 Å². The molecule has 0 radical (unpaired) electrons. The molecular formula is C21H24N3OP. The second kappa shape index (κ2) is 9.33. The second-order valence-corrected chi connectivity index (χ2v) is 7.35. The van der Waals surface area contributed by atoms with Crippen LogP contribution in [0.5, 0.6) is 5.75 Å². The average Bonchev–Trinajstić information content (AvgIpc) is 2.68. The minimum atomic E-state index is 0.561. The van der Waals surface area contributed by atoms with Gasteiger partial charge < -0.3 is 15.8 Å². The van der Waals surface area contributed by atoms with Crippen molar-refractivity contribution in [2.24, 2.45) is 10.7 Å². The smallest absolute Gasteiger partial charge is 0.199 e. The van der Waals surface area contributed by atoms with Crippen LogP contribution < -0.4 is 15.8 Å². The van der Waals surface area contributed by atoms with Gasteiger partial charge in [0.1, 0.15) is 5.75 Å². The molecule has 3 rings (SSSR count). The van der Waals surface area contributed by atoms with E-state index in [4.69, 9.17) is 10.5 Å². The molecule has 1 atom stereocenters. The highest BCUT2D eigenvalue weighted by molar-refractivity contribution is 7.44. The van der Waals surface area contributed by atoms with Gasteiger partial charge in [0.2, 0.25) is 0 Å². The number of nitrogens with zero attached hydrogens (tertiary/aromatic N) is 1. The molecule has 2 aromatic rings. The fourth-order valence-electron chi connectivity index (χ4n) is 2.58. The molecule has 0 aliphatic carbocycles. The molecular weight excluding hydrogens is 341 g/mol. The van der Waals surface area contributed by atoms with Gasteiger partial charge in [-0.2, -0.15) is 0 Å². The molecule has 0 aromatic heterocycles. The SMILES string of the molecule is C=C(N)C1=CN=C(Oc2ccc(CNCCc3ccccc3)cc2)CP1. The van der Waals surface area contributed by atoms with Crippen LogP contribution in [0.1, 0.15) is 11.1 Å². The zero-order valence-electron chi connectivity index (χ0n) is 14.7. The Labute approximate surface area is 156 Å². The lowest BCUT2D eigenvalue weighted by molar-refractivity contribution is 0.547. The van der Waals surface area contributed by atoms with Crippen LogP contribution in [0.25, 0.3) is 0 Å². The minimum absolute atomic E-state index is 0.561.